The first-order valence-corrected chi connectivity index (χ1v) is 10.8. The molecular formula is C18H25N3O5S. The van der Waals surface area contributed by atoms with Gasteiger partial charge in [0, 0.05) is 44.7 Å². The monoisotopic (exact) mass is 395 g/mol. The lowest BCUT2D eigenvalue weighted by atomic mass is 10.0. The number of carbonyl (C=O) groups excluding carboxylic acids is 1. The lowest BCUT2D eigenvalue weighted by molar-refractivity contribution is -0.384. The van der Waals surface area contributed by atoms with Crippen LogP contribution in [-0.2, 0) is 14.8 Å². The zero-order valence-corrected chi connectivity index (χ0v) is 16.1. The topological polar surface area (TPSA) is 101 Å². The lowest BCUT2D eigenvalue weighted by Crippen LogP contribution is -2.50. The first-order chi connectivity index (χ1) is 12.9. The van der Waals surface area contributed by atoms with Crippen LogP contribution in [0.1, 0.15) is 38.5 Å². The molecule has 148 valence electrons. The van der Waals surface area contributed by atoms with Gasteiger partial charge in [0.2, 0.25) is 15.9 Å². The van der Waals surface area contributed by atoms with Gasteiger partial charge >= 0.3 is 0 Å². The summed E-state index contributed by atoms with van der Waals surface area (Å²) in [5.74, 6) is 0.770. The summed E-state index contributed by atoms with van der Waals surface area (Å²) in [5.41, 5.74) is -0.147. The third-order valence-corrected chi connectivity index (χ3v) is 7.43. The first kappa shape index (κ1) is 19.8. The predicted octanol–water partition coefficient (Wildman–Crippen LogP) is 2.40. The highest BCUT2D eigenvalue weighted by Gasteiger charge is 2.30. The quantitative estimate of drug-likeness (QED) is 0.544. The van der Waals surface area contributed by atoms with Crippen molar-refractivity contribution in [3.63, 3.8) is 0 Å². The second-order valence-corrected chi connectivity index (χ2v) is 9.16. The molecule has 0 N–H and O–H groups in total. The molecule has 2 fully saturated rings. The van der Waals surface area contributed by atoms with E-state index in [-0.39, 0.29) is 29.6 Å². The molecular weight excluding hydrogens is 370 g/mol. The second kappa shape index (κ2) is 8.35. The van der Waals surface area contributed by atoms with E-state index >= 15 is 0 Å². The molecule has 0 spiro atoms. The van der Waals surface area contributed by atoms with Crippen LogP contribution in [0.2, 0.25) is 0 Å². The fourth-order valence-corrected chi connectivity index (χ4v) is 5.27. The number of nitrogens with zero attached hydrogens (tertiary/aromatic N) is 3. The minimum atomic E-state index is -3.71. The molecule has 1 amide bonds. The third kappa shape index (κ3) is 4.65. The van der Waals surface area contributed by atoms with Crippen molar-refractivity contribution in [2.45, 2.75) is 43.4 Å². The second-order valence-electron chi connectivity index (χ2n) is 7.23. The van der Waals surface area contributed by atoms with Crippen LogP contribution in [0.25, 0.3) is 0 Å². The largest absolute Gasteiger partial charge is 0.340 e. The Morgan fingerprint density at radius 3 is 2.22 bits per heavy atom. The summed E-state index contributed by atoms with van der Waals surface area (Å²) >= 11 is 0. The van der Waals surface area contributed by atoms with E-state index in [1.54, 1.807) is 4.90 Å². The van der Waals surface area contributed by atoms with E-state index in [1.807, 2.05) is 0 Å². The molecule has 0 bridgehead atoms. The van der Waals surface area contributed by atoms with Gasteiger partial charge in [-0.25, -0.2) is 8.42 Å². The van der Waals surface area contributed by atoms with Gasteiger partial charge < -0.3 is 4.90 Å². The molecule has 0 aromatic heterocycles. The minimum Gasteiger partial charge on any atom is -0.340 e. The van der Waals surface area contributed by atoms with Gasteiger partial charge in [0.05, 0.1) is 9.82 Å². The Labute approximate surface area is 159 Å². The Hall–Kier alpha value is -2.00. The number of benzene rings is 1. The van der Waals surface area contributed by atoms with E-state index in [0.29, 0.717) is 25.4 Å². The fraction of sp³-hybridized carbons (Fsp3) is 0.611. The molecule has 2 aliphatic rings. The van der Waals surface area contributed by atoms with Crippen LogP contribution in [0.3, 0.4) is 0 Å². The van der Waals surface area contributed by atoms with Crippen molar-refractivity contribution in [1.82, 2.24) is 9.21 Å². The number of sulfonamides is 1. The highest BCUT2D eigenvalue weighted by atomic mass is 32.2. The van der Waals surface area contributed by atoms with Crippen LogP contribution in [0.4, 0.5) is 5.69 Å². The Morgan fingerprint density at radius 1 is 1.07 bits per heavy atom. The average Bonchev–Trinajstić information content (AvgIpc) is 3.20. The third-order valence-electron chi connectivity index (χ3n) is 5.52. The summed E-state index contributed by atoms with van der Waals surface area (Å²) in [6.45, 7) is 1.26. The molecule has 3 rings (SSSR count). The number of non-ortho nitro benzene ring substituents is 1. The number of amides is 1. The summed E-state index contributed by atoms with van der Waals surface area (Å²) in [7, 11) is -3.71. The molecule has 1 aliphatic heterocycles. The summed E-state index contributed by atoms with van der Waals surface area (Å²) < 4.78 is 26.7. The molecule has 1 saturated heterocycles. The van der Waals surface area contributed by atoms with Crippen LogP contribution in [0.15, 0.2) is 29.2 Å². The van der Waals surface area contributed by atoms with Gasteiger partial charge in [0.1, 0.15) is 0 Å². The molecule has 27 heavy (non-hydrogen) atoms. The van der Waals surface area contributed by atoms with Gasteiger partial charge in [-0.3, -0.25) is 14.9 Å². The molecule has 0 unspecified atom stereocenters. The number of hydrogen-bond donors (Lipinski definition) is 0. The van der Waals surface area contributed by atoms with Crippen LogP contribution < -0.4 is 0 Å². The van der Waals surface area contributed by atoms with Gasteiger partial charge in [-0.1, -0.05) is 25.7 Å². The van der Waals surface area contributed by atoms with E-state index in [2.05, 4.69) is 0 Å². The molecule has 0 radical (unpaired) electrons. The van der Waals surface area contributed by atoms with Gasteiger partial charge in [-0.2, -0.15) is 4.31 Å². The van der Waals surface area contributed by atoms with Crippen molar-refractivity contribution in [1.29, 1.82) is 0 Å². The molecule has 0 atom stereocenters. The van der Waals surface area contributed by atoms with Crippen molar-refractivity contribution in [3.05, 3.63) is 34.4 Å². The fourth-order valence-electron chi connectivity index (χ4n) is 3.85. The van der Waals surface area contributed by atoms with E-state index in [1.165, 1.54) is 54.3 Å². The summed E-state index contributed by atoms with van der Waals surface area (Å²) in [5, 5.41) is 10.7. The maximum absolute atomic E-state index is 12.7. The van der Waals surface area contributed by atoms with Crippen LogP contribution >= 0.6 is 0 Å². The van der Waals surface area contributed by atoms with E-state index in [9.17, 15) is 23.3 Å². The Kier molecular flexibility index (Phi) is 6.11. The van der Waals surface area contributed by atoms with E-state index < -0.39 is 14.9 Å². The summed E-state index contributed by atoms with van der Waals surface area (Å²) in [4.78, 5) is 24.3. The molecule has 8 nitrogen and oxygen atoms in total. The average molecular weight is 395 g/mol. The number of piperazine rings is 1. The van der Waals surface area contributed by atoms with Gasteiger partial charge in [0.15, 0.2) is 0 Å². The van der Waals surface area contributed by atoms with Gasteiger partial charge in [-0.05, 0) is 24.5 Å². The summed E-state index contributed by atoms with van der Waals surface area (Å²) in [6, 6.07) is 4.89. The SMILES string of the molecule is O=C(CCC1CCCC1)N1CCN(S(=O)(=O)c2ccc([N+](=O)[O-])cc2)CC1. The smallest absolute Gasteiger partial charge is 0.269 e. The molecule has 1 heterocycles. The Morgan fingerprint density at radius 2 is 1.67 bits per heavy atom. The number of carbonyl (C=O) groups is 1. The molecule has 1 aliphatic carbocycles. The van der Waals surface area contributed by atoms with Crippen molar-refractivity contribution >= 4 is 21.6 Å². The van der Waals surface area contributed by atoms with Crippen LogP contribution in [0.5, 0.6) is 0 Å². The standard InChI is InChI=1S/C18H25N3O5S/c22-18(10-5-15-3-1-2-4-15)19-11-13-20(14-12-19)27(25,26)17-8-6-16(7-9-17)21(23)24/h6-9,15H,1-5,10-14H2. The Balaban J connectivity index is 1.54. The normalized spacial score (nSPS) is 19.3. The number of nitro benzene ring substituents is 1. The zero-order valence-electron chi connectivity index (χ0n) is 15.2. The summed E-state index contributed by atoms with van der Waals surface area (Å²) in [6.07, 6.45) is 6.43. The maximum atomic E-state index is 12.7. The van der Waals surface area contributed by atoms with Crippen molar-refractivity contribution in [3.8, 4) is 0 Å². The molecule has 1 aromatic rings. The van der Waals surface area contributed by atoms with E-state index in [0.717, 1.165) is 6.42 Å². The van der Waals surface area contributed by atoms with Crippen LogP contribution in [-0.4, -0.2) is 54.6 Å². The first-order valence-electron chi connectivity index (χ1n) is 9.40. The molecule has 1 aromatic carbocycles. The highest BCUT2D eigenvalue weighted by molar-refractivity contribution is 7.89. The van der Waals surface area contributed by atoms with Crippen LogP contribution in [0, 0.1) is 16.0 Å². The van der Waals surface area contributed by atoms with Crippen molar-refractivity contribution in [2.75, 3.05) is 26.2 Å². The van der Waals surface area contributed by atoms with Crippen molar-refractivity contribution in [2.24, 2.45) is 5.92 Å². The predicted molar refractivity (Wildman–Crippen MR) is 99.6 cm³/mol. The molecule has 9 heteroatoms. The van der Waals surface area contributed by atoms with Gasteiger partial charge in [-0.15, -0.1) is 0 Å². The number of hydrogen-bond acceptors (Lipinski definition) is 5. The maximum Gasteiger partial charge on any atom is 0.269 e. The minimum absolute atomic E-state index is 0.0362. The number of rotatable bonds is 6. The zero-order chi connectivity index (χ0) is 19.4. The number of nitro groups is 1. The van der Waals surface area contributed by atoms with E-state index in [4.69, 9.17) is 0 Å². The lowest BCUT2D eigenvalue weighted by Gasteiger charge is -2.34. The van der Waals surface area contributed by atoms with Gasteiger partial charge in [0.25, 0.3) is 5.69 Å². The molecule has 1 saturated carbocycles. The highest BCUT2D eigenvalue weighted by Crippen LogP contribution is 2.29. The van der Waals surface area contributed by atoms with Crippen molar-refractivity contribution < 1.29 is 18.1 Å². The Bertz CT molecular complexity index is 780.